The van der Waals surface area contributed by atoms with E-state index in [4.69, 9.17) is 9.47 Å². The third-order valence-electron chi connectivity index (χ3n) is 7.39. The highest BCUT2D eigenvalue weighted by Crippen LogP contribution is 2.32. The van der Waals surface area contributed by atoms with Gasteiger partial charge in [-0.25, -0.2) is 9.80 Å². The van der Waals surface area contributed by atoms with Gasteiger partial charge >= 0.3 is 0 Å². The number of amides is 4. The molecule has 36 heavy (non-hydrogen) atoms. The molecule has 0 N–H and O–H groups in total. The van der Waals surface area contributed by atoms with Gasteiger partial charge in [0.1, 0.15) is 0 Å². The molecular formula is C26H34N4O6. The first-order valence-corrected chi connectivity index (χ1v) is 12.7. The Kier molecular flexibility index (Phi) is 6.71. The van der Waals surface area contributed by atoms with Crippen molar-refractivity contribution < 1.29 is 28.7 Å². The molecule has 0 aromatic heterocycles. The molecule has 6 atom stereocenters. The van der Waals surface area contributed by atoms with Crippen LogP contribution in [0.4, 0.5) is 11.4 Å². The largest absolute Gasteiger partial charge is 0.373 e. The molecule has 0 saturated carbocycles. The van der Waals surface area contributed by atoms with Crippen LogP contribution in [0.2, 0.25) is 0 Å². The van der Waals surface area contributed by atoms with Crippen molar-refractivity contribution in [2.45, 2.75) is 77.0 Å². The minimum Gasteiger partial charge on any atom is -0.373 e. The highest BCUT2D eigenvalue weighted by Gasteiger charge is 2.46. The van der Waals surface area contributed by atoms with Crippen molar-refractivity contribution in [1.29, 1.82) is 0 Å². The summed E-state index contributed by atoms with van der Waals surface area (Å²) in [5, 5.41) is 0. The number of imide groups is 2. The second kappa shape index (κ2) is 9.66. The number of hydrogen-bond donors (Lipinski definition) is 0. The van der Waals surface area contributed by atoms with E-state index >= 15 is 0 Å². The van der Waals surface area contributed by atoms with Crippen molar-refractivity contribution in [3.8, 4) is 0 Å². The SMILES string of the molecule is CC1CN(C2CC(=O)N(c3ccc(N4C(=O)CC(N5CC(C)OC(C)C5)C4=O)cc3)C2=O)CC(C)O1. The van der Waals surface area contributed by atoms with E-state index in [2.05, 4.69) is 0 Å². The lowest BCUT2D eigenvalue weighted by molar-refractivity contribution is -0.128. The summed E-state index contributed by atoms with van der Waals surface area (Å²) in [6.07, 6.45) is 0.227. The predicted octanol–water partition coefficient (Wildman–Crippen LogP) is 1.17. The van der Waals surface area contributed by atoms with Gasteiger partial charge in [-0.2, -0.15) is 0 Å². The monoisotopic (exact) mass is 498 g/mol. The summed E-state index contributed by atoms with van der Waals surface area (Å²) in [5.41, 5.74) is 0.883. The van der Waals surface area contributed by atoms with Crippen LogP contribution in [-0.4, -0.2) is 96.1 Å². The molecule has 4 aliphatic rings. The van der Waals surface area contributed by atoms with Crippen molar-refractivity contribution in [1.82, 2.24) is 9.80 Å². The highest BCUT2D eigenvalue weighted by molar-refractivity contribution is 6.24. The molecule has 4 aliphatic heterocycles. The molecule has 10 nitrogen and oxygen atoms in total. The lowest BCUT2D eigenvalue weighted by atomic mass is 10.1. The summed E-state index contributed by atoms with van der Waals surface area (Å²) in [4.78, 5) is 58.6. The topological polar surface area (TPSA) is 99.7 Å². The molecule has 4 saturated heterocycles. The lowest BCUT2D eigenvalue weighted by Crippen LogP contribution is -2.52. The molecule has 5 rings (SSSR count). The molecule has 10 heteroatoms. The van der Waals surface area contributed by atoms with Crippen molar-refractivity contribution in [3.63, 3.8) is 0 Å². The van der Waals surface area contributed by atoms with E-state index in [0.717, 1.165) is 0 Å². The van der Waals surface area contributed by atoms with Gasteiger partial charge in [-0.15, -0.1) is 0 Å². The van der Waals surface area contributed by atoms with E-state index < -0.39 is 12.1 Å². The zero-order valence-corrected chi connectivity index (χ0v) is 21.3. The fraction of sp³-hybridized carbons (Fsp3) is 0.615. The van der Waals surface area contributed by atoms with Gasteiger partial charge in [-0.05, 0) is 52.0 Å². The second-order valence-electron chi connectivity index (χ2n) is 10.5. The van der Waals surface area contributed by atoms with E-state index in [9.17, 15) is 19.2 Å². The van der Waals surface area contributed by atoms with E-state index in [1.54, 1.807) is 24.3 Å². The number of carbonyl (C=O) groups excluding carboxylic acids is 4. The summed E-state index contributed by atoms with van der Waals surface area (Å²) in [7, 11) is 0. The Hall–Kier alpha value is -2.66. The zero-order valence-electron chi connectivity index (χ0n) is 21.3. The maximum atomic E-state index is 13.2. The van der Waals surface area contributed by atoms with Gasteiger partial charge in [-0.3, -0.25) is 29.0 Å². The molecule has 6 unspecified atom stereocenters. The molecule has 0 bridgehead atoms. The maximum absolute atomic E-state index is 13.2. The molecule has 4 amide bonds. The number of benzene rings is 1. The Morgan fingerprint density at radius 1 is 0.583 bits per heavy atom. The second-order valence-corrected chi connectivity index (χ2v) is 10.5. The van der Waals surface area contributed by atoms with Crippen LogP contribution in [-0.2, 0) is 28.7 Å². The molecule has 0 radical (unpaired) electrons. The standard InChI is InChI=1S/C26H34N4O6/c1-15-11-27(12-16(2)35-15)21-9-23(31)29(25(21)33)19-5-7-20(8-6-19)30-24(32)10-22(26(30)34)28-13-17(3)36-18(4)14-28/h5-8,15-18,21-22H,9-14H2,1-4H3. The van der Waals surface area contributed by atoms with Crippen molar-refractivity contribution in [2.75, 3.05) is 36.0 Å². The van der Waals surface area contributed by atoms with Crippen LogP contribution in [0.25, 0.3) is 0 Å². The number of ether oxygens (including phenoxy) is 2. The van der Waals surface area contributed by atoms with Crippen LogP contribution in [0.15, 0.2) is 24.3 Å². The maximum Gasteiger partial charge on any atom is 0.251 e. The van der Waals surface area contributed by atoms with Gasteiger partial charge in [0.15, 0.2) is 0 Å². The zero-order chi connectivity index (χ0) is 25.7. The van der Waals surface area contributed by atoms with Gasteiger partial charge < -0.3 is 9.47 Å². The Bertz CT molecular complexity index is 958. The first kappa shape index (κ1) is 25.0. The fourth-order valence-electron chi connectivity index (χ4n) is 6.04. The van der Waals surface area contributed by atoms with Gasteiger partial charge in [0.25, 0.3) is 11.8 Å². The van der Waals surface area contributed by atoms with E-state index in [1.807, 2.05) is 37.5 Å². The number of anilines is 2. The Balaban J connectivity index is 1.30. The van der Waals surface area contributed by atoms with Crippen LogP contribution in [0.5, 0.6) is 0 Å². The molecule has 1 aromatic carbocycles. The number of nitrogens with zero attached hydrogens (tertiary/aromatic N) is 4. The summed E-state index contributed by atoms with van der Waals surface area (Å²) >= 11 is 0. The average molecular weight is 499 g/mol. The fourth-order valence-corrected chi connectivity index (χ4v) is 6.04. The summed E-state index contributed by atoms with van der Waals surface area (Å²) < 4.78 is 11.5. The van der Waals surface area contributed by atoms with Crippen LogP contribution in [0.3, 0.4) is 0 Å². The van der Waals surface area contributed by atoms with Gasteiger partial charge in [0.2, 0.25) is 11.8 Å². The average Bonchev–Trinajstić information content (AvgIpc) is 3.27. The number of hydrogen-bond acceptors (Lipinski definition) is 8. The van der Waals surface area contributed by atoms with E-state index in [-0.39, 0.29) is 60.9 Å². The third-order valence-corrected chi connectivity index (χ3v) is 7.39. The van der Waals surface area contributed by atoms with Crippen molar-refractivity contribution in [3.05, 3.63) is 24.3 Å². The van der Waals surface area contributed by atoms with Crippen LogP contribution in [0.1, 0.15) is 40.5 Å². The van der Waals surface area contributed by atoms with Gasteiger partial charge in [0.05, 0.1) is 60.7 Å². The highest BCUT2D eigenvalue weighted by atomic mass is 16.5. The van der Waals surface area contributed by atoms with E-state index in [0.29, 0.717) is 37.6 Å². The molecule has 1 aromatic rings. The summed E-state index contributed by atoms with van der Waals surface area (Å²) in [6, 6.07) is 5.50. The Morgan fingerprint density at radius 3 is 1.19 bits per heavy atom. The van der Waals surface area contributed by atoms with Crippen LogP contribution >= 0.6 is 0 Å². The number of morpholine rings is 2. The van der Waals surface area contributed by atoms with E-state index in [1.165, 1.54) is 9.80 Å². The Morgan fingerprint density at radius 2 is 0.889 bits per heavy atom. The molecule has 4 fully saturated rings. The van der Waals surface area contributed by atoms with Crippen molar-refractivity contribution >= 4 is 35.0 Å². The summed E-state index contributed by atoms with van der Waals surface area (Å²) in [5.74, 6) is -1.02. The van der Waals surface area contributed by atoms with Gasteiger partial charge in [0, 0.05) is 26.2 Å². The molecular weight excluding hydrogens is 464 g/mol. The molecule has 194 valence electrons. The smallest absolute Gasteiger partial charge is 0.251 e. The predicted molar refractivity (Wildman–Crippen MR) is 131 cm³/mol. The quantitative estimate of drug-likeness (QED) is 0.571. The minimum absolute atomic E-state index is 0.00627. The van der Waals surface area contributed by atoms with Gasteiger partial charge in [-0.1, -0.05) is 0 Å². The summed E-state index contributed by atoms with van der Waals surface area (Å²) in [6.45, 7) is 10.3. The molecule has 0 spiro atoms. The first-order chi connectivity index (χ1) is 17.1. The third kappa shape index (κ3) is 4.58. The van der Waals surface area contributed by atoms with Crippen LogP contribution in [0, 0.1) is 0 Å². The lowest BCUT2D eigenvalue weighted by Gasteiger charge is -2.37. The number of carbonyl (C=O) groups is 4. The number of rotatable bonds is 4. The molecule has 0 aliphatic carbocycles. The van der Waals surface area contributed by atoms with Crippen LogP contribution < -0.4 is 9.80 Å². The first-order valence-electron chi connectivity index (χ1n) is 12.7. The minimum atomic E-state index is -0.508. The molecule has 4 heterocycles. The van der Waals surface area contributed by atoms with Crippen molar-refractivity contribution in [2.24, 2.45) is 0 Å². The Labute approximate surface area is 211 Å². The normalized spacial score (nSPS) is 34.8.